The number of aliphatic hydroxyl groups is 6. The number of phenolic OH excluding ortho intramolecular Hbond substituents is 3. The van der Waals surface area contributed by atoms with Gasteiger partial charge in [-0.25, -0.2) is 15.0 Å². The van der Waals surface area contributed by atoms with Gasteiger partial charge in [-0.2, -0.15) is 5.10 Å². The number of nitrogens with two attached hydrogens (primary N) is 3. The van der Waals surface area contributed by atoms with Crippen LogP contribution in [0.25, 0.3) is 11.1 Å². The maximum absolute atomic E-state index is 16.0. The van der Waals surface area contributed by atoms with E-state index in [9.17, 15) is 79.8 Å². The summed E-state index contributed by atoms with van der Waals surface area (Å²) in [6.45, 7) is 5.29. The van der Waals surface area contributed by atoms with E-state index < -0.39 is 254 Å². The number of hydrazone groups is 1. The summed E-state index contributed by atoms with van der Waals surface area (Å²) in [4.78, 5) is 129. The lowest BCUT2D eigenvalue weighted by atomic mass is 9.86. The highest BCUT2D eigenvalue weighted by atomic mass is 35.5. The molecular weight excluding hydrogens is 1420 g/mol. The lowest BCUT2D eigenvalue weighted by Gasteiger charge is -2.47. The molecule has 556 valence electrons. The van der Waals surface area contributed by atoms with Crippen LogP contribution < -0.4 is 68.7 Å². The van der Waals surface area contributed by atoms with E-state index in [-0.39, 0.29) is 35.4 Å². The standard InChI is InChI=1S/C66H73Cl2N11O25/c1-22(2)11-34(78-79-65(70)98)58(91)76-48-50(85)25-6-9-37(31(67)13-25)100-39-15-27-16-40(54(39)104-64-55(53(88)52(87)41(21-80)102-64)103-43-20-66(4,71)56(89)23(3)99-43)101-38-10-7-26(14-32(38)68)51(86)49-62(95)75-47(63(96)97)30-17-28(81)18-36(83)44(30)29-12-24(5-8-35(29)82)45(59(92)77-49)74-60(93)46(27)73-57(90)33(19-42(69)84)72-61(48)94/h5-10,12-18,22-23,33,41,43,45-53,55-56,64,80-83,85-89H,11,19-21,71H2,1-4H3,(H2,69,84)(H,72,94)(H,73,90)(H,74,93)(H,75,95)(H,76,91)(H,77,92)(H,96,97)(H3,70,79,98)/b78-34+/t23-,33-,41-,43-,45+,46+,47-,48+,49-,50+,51+,52-,53+,55-,56+,64+,66-/m0/s1. The average molecular weight is 1490 g/mol. The van der Waals surface area contributed by atoms with Crippen molar-refractivity contribution in [2.24, 2.45) is 28.2 Å². The van der Waals surface area contributed by atoms with E-state index in [1.54, 1.807) is 13.8 Å². The molecule has 12 rings (SSSR count). The molecule has 7 aliphatic heterocycles. The van der Waals surface area contributed by atoms with Crippen LogP contribution in [-0.2, 0) is 52.6 Å². The molecule has 5 aromatic carbocycles. The van der Waals surface area contributed by atoms with Crippen LogP contribution >= 0.6 is 23.2 Å². The van der Waals surface area contributed by atoms with Crippen LogP contribution in [0.3, 0.4) is 0 Å². The molecule has 23 N–H and O–H groups in total. The molecule has 5 aromatic rings. The number of hydrogen-bond acceptors (Lipinski definition) is 26. The van der Waals surface area contributed by atoms with Crippen LogP contribution in [0, 0.1) is 5.92 Å². The van der Waals surface area contributed by atoms with Gasteiger partial charge in [0.1, 0.15) is 95.2 Å². The fraction of sp³-hybridized carbons (Fsp3) is 0.394. The van der Waals surface area contributed by atoms with E-state index >= 15 is 14.4 Å². The molecule has 2 fully saturated rings. The highest BCUT2D eigenvalue weighted by Gasteiger charge is 2.51. The zero-order chi connectivity index (χ0) is 75.8. The maximum atomic E-state index is 16.0. The summed E-state index contributed by atoms with van der Waals surface area (Å²) in [6.07, 6.45) is -19.4. The number of aliphatic hydroxyl groups excluding tert-OH is 6. The Bertz CT molecular complexity index is 4280. The van der Waals surface area contributed by atoms with Gasteiger partial charge in [0.25, 0.3) is 5.91 Å². The summed E-state index contributed by atoms with van der Waals surface area (Å²) in [5.74, 6) is -17.3. The Hall–Kier alpha value is -10.2. The van der Waals surface area contributed by atoms with Crippen LogP contribution in [0.5, 0.6) is 46.0 Å². The van der Waals surface area contributed by atoms with Crippen molar-refractivity contribution in [2.75, 3.05) is 6.61 Å². The van der Waals surface area contributed by atoms with Gasteiger partial charge in [-0.15, -0.1) is 0 Å². The second-order valence-corrected chi connectivity index (χ2v) is 26.7. The topological polar surface area (TPSA) is 586 Å². The van der Waals surface area contributed by atoms with Gasteiger partial charge in [0, 0.05) is 34.7 Å². The molecule has 0 spiro atoms. The minimum atomic E-state index is -2.40. The number of carbonyl (C=O) groups is 9. The number of aliphatic carboxylic acids is 1. The number of halogens is 2. The normalized spacial score (nSPS) is 28.7. The molecule has 38 heteroatoms. The van der Waals surface area contributed by atoms with Crippen LogP contribution in [0.1, 0.15) is 105 Å². The number of carbonyl (C=O) groups excluding carboxylic acids is 8. The van der Waals surface area contributed by atoms with E-state index in [0.29, 0.717) is 0 Å². The lowest BCUT2D eigenvalue weighted by molar-refractivity contribution is -0.333. The zero-order valence-electron chi connectivity index (χ0n) is 55.2. The van der Waals surface area contributed by atoms with Gasteiger partial charge in [-0.3, -0.25) is 33.6 Å². The van der Waals surface area contributed by atoms with Crippen LogP contribution in [0.15, 0.2) is 84.0 Å². The largest absolute Gasteiger partial charge is 0.508 e. The van der Waals surface area contributed by atoms with Crippen molar-refractivity contribution < 1.29 is 123 Å². The number of primary amides is 2. The van der Waals surface area contributed by atoms with E-state index in [0.717, 1.165) is 78.9 Å². The number of ether oxygens (including phenoxy) is 6. The van der Waals surface area contributed by atoms with Crippen LogP contribution in [0.4, 0.5) is 4.79 Å². The van der Waals surface area contributed by atoms with E-state index in [2.05, 4.69) is 37.0 Å². The fourth-order valence-corrected chi connectivity index (χ4v) is 12.8. The third kappa shape index (κ3) is 16.4. The second-order valence-electron chi connectivity index (χ2n) is 25.8. The molecule has 104 heavy (non-hydrogen) atoms. The zero-order valence-corrected chi connectivity index (χ0v) is 56.7. The number of nitrogens with zero attached hydrogens (tertiary/aromatic N) is 1. The molecule has 7 aliphatic rings. The van der Waals surface area contributed by atoms with Gasteiger partial charge in [0.05, 0.1) is 35.3 Å². The number of carboxylic acid groups (broad SMARTS) is 1. The molecule has 2 saturated heterocycles. The molecule has 0 aromatic heterocycles. The lowest BCUT2D eigenvalue weighted by Crippen LogP contribution is -2.64. The number of phenols is 3. The molecule has 9 amide bonds. The van der Waals surface area contributed by atoms with E-state index in [1.165, 1.54) is 13.8 Å². The highest BCUT2D eigenvalue weighted by Crippen LogP contribution is 2.50. The van der Waals surface area contributed by atoms with Crippen molar-refractivity contribution in [3.8, 4) is 57.1 Å². The Kier molecular flexibility index (Phi) is 22.8. The van der Waals surface area contributed by atoms with Gasteiger partial charge in [-0.05, 0) is 103 Å². The number of hydrogen-bond donors (Lipinski definition) is 20. The van der Waals surface area contributed by atoms with E-state index in [4.69, 9.17) is 68.8 Å². The molecule has 0 unspecified atom stereocenters. The number of nitrogens with one attached hydrogen (secondary N) is 7. The molecule has 0 radical (unpaired) electrons. The molecule has 36 nitrogen and oxygen atoms in total. The first-order chi connectivity index (χ1) is 49.0. The number of benzene rings is 5. The van der Waals surface area contributed by atoms with Crippen LogP contribution in [0.2, 0.25) is 10.0 Å². The van der Waals surface area contributed by atoms with Crippen molar-refractivity contribution in [2.45, 2.75) is 150 Å². The van der Waals surface area contributed by atoms with Crippen LogP contribution in [-0.4, -0.2) is 190 Å². The number of amides is 9. The summed E-state index contributed by atoms with van der Waals surface area (Å²) in [5.41, 5.74) is 14.4. The number of urea groups is 1. The number of carboxylic acids is 1. The van der Waals surface area contributed by atoms with Crippen molar-refractivity contribution in [3.05, 3.63) is 117 Å². The second kappa shape index (κ2) is 31.0. The molecule has 0 saturated carbocycles. The molecule has 11 bridgehead atoms. The monoisotopic (exact) mass is 1490 g/mol. The highest BCUT2D eigenvalue weighted by molar-refractivity contribution is 6.39. The summed E-state index contributed by atoms with van der Waals surface area (Å²) >= 11 is 14.1. The van der Waals surface area contributed by atoms with Crippen molar-refractivity contribution in [3.63, 3.8) is 0 Å². The van der Waals surface area contributed by atoms with Crippen molar-refractivity contribution >= 4 is 82.3 Å². The Morgan fingerprint density at radius 1 is 0.712 bits per heavy atom. The summed E-state index contributed by atoms with van der Waals surface area (Å²) in [5, 5.41) is 131. The van der Waals surface area contributed by atoms with Gasteiger partial charge >= 0.3 is 12.0 Å². The number of rotatable bonds is 13. The molecule has 17 atom stereocenters. The first kappa shape index (κ1) is 76.4. The first-order valence-electron chi connectivity index (χ1n) is 31.9. The van der Waals surface area contributed by atoms with E-state index in [1.807, 2.05) is 5.43 Å². The third-order valence-corrected chi connectivity index (χ3v) is 18.1. The predicted octanol–water partition coefficient (Wildman–Crippen LogP) is -0.458. The predicted molar refractivity (Wildman–Crippen MR) is 357 cm³/mol. The number of aromatic hydroxyl groups is 3. The van der Waals surface area contributed by atoms with Gasteiger partial charge in [0.2, 0.25) is 47.5 Å². The summed E-state index contributed by atoms with van der Waals surface area (Å²) in [7, 11) is 0. The Balaban J connectivity index is 1.24. The average Bonchev–Trinajstić information content (AvgIpc) is 0.769. The minimum Gasteiger partial charge on any atom is -0.508 e. The van der Waals surface area contributed by atoms with Gasteiger partial charge in [-0.1, -0.05) is 55.2 Å². The molecule has 0 aliphatic carbocycles. The first-order valence-corrected chi connectivity index (χ1v) is 32.7. The summed E-state index contributed by atoms with van der Waals surface area (Å²) < 4.78 is 38.2. The minimum absolute atomic E-state index is 0.189. The fourth-order valence-electron chi connectivity index (χ4n) is 12.3. The number of fused-ring (bicyclic) bond motifs is 15. The van der Waals surface area contributed by atoms with Gasteiger partial charge < -0.3 is 129 Å². The quantitative estimate of drug-likeness (QED) is 0.0524. The van der Waals surface area contributed by atoms with Crippen molar-refractivity contribution in [1.29, 1.82) is 0 Å². The Morgan fingerprint density at radius 2 is 1.32 bits per heavy atom. The van der Waals surface area contributed by atoms with Gasteiger partial charge in [0.15, 0.2) is 29.9 Å². The Labute approximate surface area is 598 Å². The maximum Gasteiger partial charge on any atom is 0.332 e. The Morgan fingerprint density at radius 3 is 1.90 bits per heavy atom. The smallest absolute Gasteiger partial charge is 0.332 e. The van der Waals surface area contributed by atoms with Crippen molar-refractivity contribution in [1.82, 2.24) is 37.3 Å². The third-order valence-electron chi connectivity index (χ3n) is 17.6. The summed E-state index contributed by atoms with van der Waals surface area (Å²) in [6, 6.07) is -1.76. The SMILES string of the molecule is CC(C)C/C(=N\NC(N)=O)C(=O)N[C@H]1C(=O)N[C@@H](CC(N)=O)C(=O)N[C@H]2C(=O)N[C@H]3C(=O)N[C@H](C(=O)N[C@H](C(=O)O)c4cc(O)cc(O)c4-c4cc3ccc4O)[C@H](O)c3ccc(c(Cl)c3)Oc3cc2cc(c3O[C@H]2O[C@@H](CO)[C@H](O)[C@@H](O)[C@@H]2O[C@H]2C[C@](C)(N)[C@H](O)[C@H](C)O2)Oc2ccc(cc2Cl)[C@H]1O. The molecular formula is C66H73Cl2N11O25. The molecule has 7 heterocycles.